The molecule has 0 fully saturated rings. The summed E-state index contributed by atoms with van der Waals surface area (Å²) in [4.78, 5) is 38.1. The van der Waals surface area contributed by atoms with Gasteiger partial charge in [-0.1, -0.05) is 54.6 Å². The Morgan fingerprint density at radius 1 is 0.786 bits per heavy atom. The molecule has 0 spiro atoms. The largest absolute Gasteiger partial charge is 0.461 e. The van der Waals surface area contributed by atoms with E-state index in [2.05, 4.69) is 5.32 Å². The van der Waals surface area contributed by atoms with Crippen molar-refractivity contribution in [3.63, 3.8) is 0 Å². The third-order valence-corrected chi connectivity index (χ3v) is 4.20. The second-order valence-corrected chi connectivity index (χ2v) is 6.68. The molecule has 5 nitrogen and oxygen atoms in total. The number of carbonyl (C=O) groups is 3. The number of Topliss-reactive ketones (excluding diaryl/α,β-unsaturated/α-hetero) is 1. The van der Waals surface area contributed by atoms with Gasteiger partial charge in [0.15, 0.2) is 11.8 Å². The normalized spacial score (nSPS) is 11.8. The van der Waals surface area contributed by atoms with Crippen LogP contribution in [-0.4, -0.2) is 29.8 Å². The van der Waals surface area contributed by atoms with Gasteiger partial charge in [-0.15, -0.1) is 0 Å². The van der Waals surface area contributed by atoms with E-state index in [0.29, 0.717) is 11.1 Å². The first-order valence-corrected chi connectivity index (χ1v) is 9.05. The highest BCUT2D eigenvalue weighted by Crippen LogP contribution is 2.17. The van der Waals surface area contributed by atoms with Crippen LogP contribution in [0, 0.1) is 0 Å². The van der Waals surface area contributed by atoms with Gasteiger partial charge in [0, 0.05) is 11.1 Å². The third-order valence-electron chi connectivity index (χ3n) is 4.20. The molecule has 28 heavy (non-hydrogen) atoms. The molecule has 0 heterocycles. The number of esters is 1. The Morgan fingerprint density at radius 3 is 2.11 bits per heavy atom. The molecule has 0 radical (unpaired) electrons. The molecular weight excluding hydrogens is 354 g/mol. The third kappa shape index (κ3) is 4.43. The first-order chi connectivity index (χ1) is 13.5. The average Bonchev–Trinajstić information content (AvgIpc) is 2.71. The number of fused-ring (bicyclic) bond motifs is 1. The van der Waals surface area contributed by atoms with E-state index in [1.165, 1.54) is 0 Å². The second kappa shape index (κ2) is 8.48. The van der Waals surface area contributed by atoms with Gasteiger partial charge in [-0.25, -0.2) is 4.79 Å². The van der Waals surface area contributed by atoms with Gasteiger partial charge in [-0.05, 0) is 42.8 Å². The minimum Gasteiger partial charge on any atom is -0.461 e. The fraction of sp³-hybridized carbons (Fsp3) is 0.174. The van der Waals surface area contributed by atoms with Gasteiger partial charge in [0.05, 0.1) is 6.10 Å². The molecule has 1 N–H and O–H groups in total. The van der Waals surface area contributed by atoms with E-state index >= 15 is 0 Å². The molecule has 0 aromatic heterocycles. The number of carbonyl (C=O) groups excluding carboxylic acids is 3. The highest BCUT2D eigenvalue weighted by molar-refractivity contribution is 6.15. The molecular formula is C23H21NO4. The van der Waals surface area contributed by atoms with Crippen molar-refractivity contribution in [2.75, 3.05) is 0 Å². The minimum absolute atomic E-state index is 0.331. The Hall–Kier alpha value is -3.47. The average molecular weight is 375 g/mol. The van der Waals surface area contributed by atoms with Gasteiger partial charge in [0.1, 0.15) is 0 Å². The lowest BCUT2D eigenvalue weighted by molar-refractivity contribution is -0.148. The quantitative estimate of drug-likeness (QED) is 0.404. The zero-order valence-corrected chi connectivity index (χ0v) is 15.7. The summed E-state index contributed by atoms with van der Waals surface area (Å²) in [5, 5.41) is 4.38. The fourth-order valence-corrected chi connectivity index (χ4v) is 2.85. The second-order valence-electron chi connectivity index (χ2n) is 6.68. The predicted octanol–water partition coefficient (Wildman–Crippen LogP) is 3.77. The van der Waals surface area contributed by atoms with Crippen LogP contribution in [0.2, 0.25) is 0 Å². The number of ketones is 1. The summed E-state index contributed by atoms with van der Waals surface area (Å²) >= 11 is 0. The smallest absolute Gasteiger partial charge is 0.337 e. The summed E-state index contributed by atoms with van der Waals surface area (Å²) in [6.45, 7) is 3.38. The van der Waals surface area contributed by atoms with Crippen molar-refractivity contribution in [3.05, 3.63) is 83.9 Å². The van der Waals surface area contributed by atoms with Crippen molar-refractivity contribution in [2.24, 2.45) is 0 Å². The monoisotopic (exact) mass is 375 g/mol. The molecule has 0 aliphatic heterocycles. The van der Waals surface area contributed by atoms with Crippen molar-refractivity contribution in [2.45, 2.75) is 26.0 Å². The number of hydrogen-bond donors (Lipinski definition) is 1. The summed E-state index contributed by atoms with van der Waals surface area (Å²) in [6.07, 6.45) is -0.409. The van der Waals surface area contributed by atoms with Crippen LogP contribution in [0.15, 0.2) is 72.8 Å². The topological polar surface area (TPSA) is 72.5 Å². The maximum atomic E-state index is 13.1. The summed E-state index contributed by atoms with van der Waals surface area (Å²) in [5.41, 5.74) is 0.689. The van der Waals surface area contributed by atoms with Crippen LogP contribution in [0.25, 0.3) is 10.8 Å². The highest BCUT2D eigenvalue weighted by atomic mass is 16.5. The molecule has 5 heteroatoms. The van der Waals surface area contributed by atoms with E-state index in [1.54, 1.807) is 56.3 Å². The van der Waals surface area contributed by atoms with E-state index in [0.717, 1.165) is 10.8 Å². The van der Waals surface area contributed by atoms with Crippen molar-refractivity contribution in [1.29, 1.82) is 0 Å². The lowest BCUT2D eigenvalue weighted by Crippen LogP contribution is -2.48. The number of hydrogen-bond acceptors (Lipinski definition) is 4. The molecule has 142 valence electrons. The summed E-state index contributed by atoms with van der Waals surface area (Å²) in [6, 6.07) is 19.8. The van der Waals surface area contributed by atoms with Gasteiger partial charge in [-0.2, -0.15) is 0 Å². The van der Waals surface area contributed by atoms with Gasteiger partial charge >= 0.3 is 5.97 Å². The van der Waals surface area contributed by atoms with Gasteiger partial charge in [0.25, 0.3) is 5.91 Å². The molecule has 0 aliphatic carbocycles. The fourth-order valence-electron chi connectivity index (χ4n) is 2.85. The van der Waals surface area contributed by atoms with E-state index in [4.69, 9.17) is 4.74 Å². The number of nitrogens with one attached hydrogen (secondary N) is 1. The Morgan fingerprint density at radius 2 is 1.43 bits per heavy atom. The summed E-state index contributed by atoms with van der Waals surface area (Å²) in [5.74, 6) is -1.81. The molecule has 0 saturated carbocycles. The molecule has 0 saturated heterocycles. The Kier molecular flexibility index (Phi) is 5.84. The highest BCUT2D eigenvalue weighted by Gasteiger charge is 2.31. The number of rotatable bonds is 6. The van der Waals surface area contributed by atoms with Crippen LogP contribution >= 0.6 is 0 Å². The van der Waals surface area contributed by atoms with Crippen LogP contribution in [0.4, 0.5) is 0 Å². The zero-order valence-electron chi connectivity index (χ0n) is 15.7. The van der Waals surface area contributed by atoms with E-state index in [-0.39, 0.29) is 0 Å². The van der Waals surface area contributed by atoms with E-state index in [1.807, 2.05) is 30.3 Å². The first kappa shape index (κ1) is 19.3. The molecule has 3 aromatic carbocycles. The molecule has 3 rings (SSSR count). The van der Waals surface area contributed by atoms with Crippen molar-refractivity contribution in [1.82, 2.24) is 5.32 Å². The standard InChI is InChI=1S/C23H21NO4/c1-15(2)28-23(27)20(24-22(26)17-9-4-3-5-10-17)21(25)19-13-12-16-8-6-7-11-18(16)14-19/h3-15,20H,1-2H3,(H,24,26). The van der Waals surface area contributed by atoms with Crippen LogP contribution in [0.5, 0.6) is 0 Å². The summed E-state index contributed by atoms with van der Waals surface area (Å²) in [7, 11) is 0. The summed E-state index contributed by atoms with van der Waals surface area (Å²) < 4.78 is 5.20. The SMILES string of the molecule is CC(C)OC(=O)C(NC(=O)c1ccccc1)C(=O)c1ccc2ccccc2c1. The molecule has 0 bridgehead atoms. The van der Waals surface area contributed by atoms with Crippen molar-refractivity contribution < 1.29 is 19.1 Å². The van der Waals surface area contributed by atoms with Gasteiger partial charge in [0.2, 0.25) is 0 Å². The van der Waals surface area contributed by atoms with Gasteiger partial charge in [-0.3, -0.25) is 9.59 Å². The maximum absolute atomic E-state index is 13.1. The first-order valence-electron chi connectivity index (χ1n) is 9.05. The van der Waals surface area contributed by atoms with E-state index < -0.39 is 29.8 Å². The lowest BCUT2D eigenvalue weighted by atomic mass is 10.00. The number of benzene rings is 3. The van der Waals surface area contributed by atoms with E-state index in [9.17, 15) is 14.4 Å². The number of amides is 1. The van der Waals surface area contributed by atoms with Crippen LogP contribution in [0.1, 0.15) is 34.6 Å². The lowest BCUT2D eigenvalue weighted by Gasteiger charge is -2.18. The Balaban J connectivity index is 1.91. The maximum Gasteiger partial charge on any atom is 0.337 e. The molecule has 3 aromatic rings. The molecule has 1 atom stereocenters. The predicted molar refractivity (Wildman–Crippen MR) is 107 cm³/mol. The Bertz CT molecular complexity index is 1010. The number of ether oxygens (including phenoxy) is 1. The Labute approximate surface area is 163 Å². The molecule has 1 amide bonds. The van der Waals surface area contributed by atoms with Crippen molar-refractivity contribution >= 4 is 28.4 Å². The zero-order chi connectivity index (χ0) is 20.1. The minimum atomic E-state index is -1.42. The van der Waals surface area contributed by atoms with Gasteiger partial charge < -0.3 is 10.1 Å². The van der Waals surface area contributed by atoms with Crippen LogP contribution < -0.4 is 5.32 Å². The van der Waals surface area contributed by atoms with Crippen LogP contribution in [0.3, 0.4) is 0 Å². The molecule has 1 unspecified atom stereocenters. The van der Waals surface area contributed by atoms with Crippen molar-refractivity contribution in [3.8, 4) is 0 Å². The van der Waals surface area contributed by atoms with Crippen LogP contribution in [-0.2, 0) is 9.53 Å². The molecule has 0 aliphatic rings.